The number of aromatic nitrogens is 1. The molecule has 5 heteroatoms. The first kappa shape index (κ1) is 14.8. The molecule has 0 radical (unpaired) electrons. The van der Waals surface area contributed by atoms with Gasteiger partial charge in [0.15, 0.2) is 0 Å². The van der Waals surface area contributed by atoms with Crippen LogP contribution >= 0.6 is 0 Å². The second-order valence-electron chi connectivity index (χ2n) is 4.79. The van der Waals surface area contributed by atoms with Crippen LogP contribution in [0.3, 0.4) is 0 Å². The van der Waals surface area contributed by atoms with Crippen molar-refractivity contribution in [2.24, 2.45) is 5.16 Å². The maximum Gasteiger partial charge on any atom is 0.128 e. The van der Waals surface area contributed by atoms with E-state index in [1.165, 1.54) is 6.07 Å². The number of hydrogen-bond donors (Lipinski definition) is 3. The van der Waals surface area contributed by atoms with Gasteiger partial charge in [-0.3, -0.25) is 4.98 Å². The van der Waals surface area contributed by atoms with Crippen molar-refractivity contribution in [1.82, 2.24) is 4.98 Å². The van der Waals surface area contributed by atoms with Crippen molar-refractivity contribution in [2.45, 2.75) is 26.2 Å². The van der Waals surface area contributed by atoms with E-state index in [2.05, 4.69) is 10.1 Å². The molecule has 21 heavy (non-hydrogen) atoms. The third-order valence-electron chi connectivity index (χ3n) is 3.22. The second kappa shape index (κ2) is 6.74. The minimum absolute atomic E-state index is 0.0493. The number of oxime groups is 1. The Kier molecular flexibility index (Phi) is 4.77. The van der Waals surface area contributed by atoms with Gasteiger partial charge in [-0.15, -0.1) is 0 Å². The molecule has 0 atom stereocenters. The van der Waals surface area contributed by atoms with Crippen LogP contribution in [0.25, 0.3) is 0 Å². The standard InChI is InChI=1S/C16H18N2O3/c1-2-5-11-8-13(16(20)10-15(11)19)14(18-21)9-12-6-3-4-7-17-12/h3-4,6-8,10,19-21H,2,5,9H2,1H3. The highest BCUT2D eigenvalue weighted by Crippen LogP contribution is 2.29. The lowest BCUT2D eigenvalue weighted by Crippen LogP contribution is -2.08. The smallest absolute Gasteiger partial charge is 0.128 e. The van der Waals surface area contributed by atoms with Gasteiger partial charge in [-0.1, -0.05) is 24.6 Å². The molecule has 0 aliphatic carbocycles. The van der Waals surface area contributed by atoms with E-state index in [1.807, 2.05) is 19.1 Å². The van der Waals surface area contributed by atoms with Gasteiger partial charge in [0.05, 0.1) is 5.71 Å². The Morgan fingerprint density at radius 1 is 1.19 bits per heavy atom. The van der Waals surface area contributed by atoms with Gasteiger partial charge in [-0.05, 0) is 30.2 Å². The summed E-state index contributed by atoms with van der Waals surface area (Å²) in [5.41, 5.74) is 2.16. The molecule has 0 saturated carbocycles. The molecule has 2 aromatic rings. The topological polar surface area (TPSA) is 85.9 Å². The molecule has 3 N–H and O–H groups in total. The number of phenols is 2. The monoisotopic (exact) mass is 286 g/mol. The third kappa shape index (κ3) is 3.51. The molecule has 0 fully saturated rings. The molecular formula is C16H18N2O3. The molecule has 0 bridgehead atoms. The first-order chi connectivity index (χ1) is 10.2. The van der Waals surface area contributed by atoms with Crippen molar-refractivity contribution >= 4 is 5.71 Å². The molecule has 1 heterocycles. The average Bonchev–Trinajstić information content (AvgIpc) is 2.49. The van der Waals surface area contributed by atoms with Crippen LogP contribution in [0, 0.1) is 0 Å². The Balaban J connectivity index is 2.36. The van der Waals surface area contributed by atoms with Gasteiger partial charge in [-0.2, -0.15) is 0 Å². The summed E-state index contributed by atoms with van der Waals surface area (Å²) >= 11 is 0. The predicted molar refractivity (Wildman–Crippen MR) is 80.0 cm³/mol. The zero-order valence-electron chi connectivity index (χ0n) is 11.8. The summed E-state index contributed by atoms with van der Waals surface area (Å²) in [6, 6.07) is 8.40. The minimum atomic E-state index is -0.115. The van der Waals surface area contributed by atoms with Gasteiger partial charge < -0.3 is 15.4 Å². The second-order valence-corrected chi connectivity index (χ2v) is 4.79. The molecule has 0 aliphatic heterocycles. The van der Waals surface area contributed by atoms with E-state index < -0.39 is 0 Å². The van der Waals surface area contributed by atoms with E-state index in [1.54, 1.807) is 18.3 Å². The molecule has 110 valence electrons. The van der Waals surface area contributed by atoms with Crippen LogP contribution in [0.2, 0.25) is 0 Å². The maximum atomic E-state index is 9.99. The van der Waals surface area contributed by atoms with Crippen molar-refractivity contribution in [3.63, 3.8) is 0 Å². The van der Waals surface area contributed by atoms with Crippen molar-refractivity contribution in [3.8, 4) is 11.5 Å². The van der Waals surface area contributed by atoms with Crippen LogP contribution in [0.1, 0.15) is 30.2 Å². The highest BCUT2D eigenvalue weighted by Gasteiger charge is 2.15. The first-order valence-electron chi connectivity index (χ1n) is 6.81. The molecule has 1 aromatic carbocycles. The summed E-state index contributed by atoms with van der Waals surface area (Å²) in [4.78, 5) is 4.18. The number of aryl methyl sites for hydroxylation is 1. The van der Waals surface area contributed by atoms with Crippen molar-refractivity contribution in [3.05, 3.63) is 53.3 Å². The van der Waals surface area contributed by atoms with Crippen LogP contribution in [0.15, 0.2) is 41.7 Å². The number of aromatic hydroxyl groups is 2. The first-order valence-corrected chi connectivity index (χ1v) is 6.81. The average molecular weight is 286 g/mol. The largest absolute Gasteiger partial charge is 0.508 e. The third-order valence-corrected chi connectivity index (χ3v) is 3.22. The Hall–Kier alpha value is -2.56. The quantitative estimate of drug-likeness (QED) is 0.448. The lowest BCUT2D eigenvalue weighted by Gasteiger charge is -2.11. The highest BCUT2D eigenvalue weighted by atomic mass is 16.4. The number of rotatable bonds is 5. The van der Waals surface area contributed by atoms with Gasteiger partial charge in [0.1, 0.15) is 11.5 Å². The molecular weight excluding hydrogens is 268 g/mol. The molecule has 0 unspecified atom stereocenters. The van der Waals surface area contributed by atoms with Crippen LogP contribution in [-0.2, 0) is 12.8 Å². The van der Waals surface area contributed by atoms with E-state index in [4.69, 9.17) is 0 Å². The Morgan fingerprint density at radius 3 is 2.62 bits per heavy atom. The van der Waals surface area contributed by atoms with E-state index in [0.29, 0.717) is 29.7 Å². The van der Waals surface area contributed by atoms with Crippen molar-refractivity contribution < 1.29 is 15.4 Å². The fraction of sp³-hybridized carbons (Fsp3) is 0.250. The van der Waals surface area contributed by atoms with E-state index in [-0.39, 0.29) is 11.5 Å². The summed E-state index contributed by atoms with van der Waals surface area (Å²) in [7, 11) is 0. The van der Waals surface area contributed by atoms with Gasteiger partial charge >= 0.3 is 0 Å². The Morgan fingerprint density at radius 2 is 2.00 bits per heavy atom. The van der Waals surface area contributed by atoms with Gasteiger partial charge in [0, 0.05) is 29.9 Å². The summed E-state index contributed by atoms with van der Waals surface area (Å²) < 4.78 is 0. The fourth-order valence-electron chi connectivity index (χ4n) is 2.18. The molecule has 5 nitrogen and oxygen atoms in total. The van der Waals surface area contributed by atoms with Gasteiger partial charge in [0.2, 0.25) is 0 Å². The molecule has 1 aromatic heterocycles. The minimum Gasteiger partial charge on any atom is -0.508 e. The normalized spacial score (nSPS) is 11.6. The summed E-state index contributed by atoms with van der Waals surface area (Å²) in [5.74, 6) is -0.0655. The summed E-state index contributed by atoms with van der Waals surface area (Å²) in [6.45, 7) is 2.00. The zero-order chi connectivity index (χ0) is 15.2. The van der Waals surface area contributed by atoms with Crippen LogP contribution in [0.5, 0.6) is 11.5 Å². The maximum absolute atomic E-state index is 9.99. The van der Waals surface area contributed by atoms with Crippen molar-refractivity contribution in [2.75, 3.05) is 0 Å². The predicted octanol–water partition coefficient (Wildman–Crippen LogP) is 2.87. The number of benzene rings is 1. The van der Waals surface area contributed by atoms with Crippen molar-refractivity contribution in [1.29, 1.82) is 0 Å². The number of nitrogens with zero attached hydrogens (tertiary/aromatic N) is 2. The van der Waals surface area contributed by atoms with Crippen LogP contribution in [0.4, 0.5) is 0 Å². The molecule has 0 amide bonds. The Bertz CT molecular complexity index is 639. The lowest BCUT2D eigenvalue weighted by molar-refractivity contribution is 0.318. The van der Waals surface area contributed by atoms with E-state index in [9.17, 15) is 15.4 Å². The lowest BCUT2D eigenvalue weighted by atomic mass is 9.99. The molecule has 0 spiro atoms. The zero-order valence-corrected chi connectivity index (χ0v) is 11.8. The molecule has 2 rings (SSSR count). The molecule has 0 saturated heterocycles. The van der Waals surface area contributed by atoms with Gasteiger partial charge in [0.25, 0.3) is 0 Å². The number of phenolic OH excluding ortho intramolecular Hbond substituents is 2. The Labute approximate surface area is 123 Å². The number of pyridine rings is 1. The SMILES string of the molecule is CCCc1cc(C(Cc2ccccn2)=NO)c(O)cc1O. The fourth-order valence-corrected chi connectivity index (χ4v) is 2.18. The van der Waals surface area contributed by atoms with Gasteiger partial charge in [-0.25, -0.2) is 0 Å². The highest BCUT2D eigenvalue weighted by molar-refractivity contribution is 6.03. The van der Waals surface area contributed by atoms with E-state index in [0.717, 1.165) is 12.1 Å². The molecule has 0 aliphatic rings. The van der Waals surface area contributed by atoms with Crippen LogP contribution in [-0.4, -0.2) is 26.1 Å². The van der Waals surface area contributed by atoms with E-state index >= 15 is 0 Å². The number of hydrogen-bond acceptors (Lipinski definition) is 5. The van der Waals surface area contributed by atoms with Crippen LogP contribution < -0.4 is 0 Å². The summed E-state index contributed by atoms with van der Waals surface area (Å²) in [5, 5.41) is 32.3. The summed E-state index contributed by atoms with van der Waals surface area (Å²) in [6.07, 6.45) is 3.50.